The number of carboxylic acid groups (broad SMARTS) is 1. The molecule has 0 aliphatic carbocycles. The van der Waals surface area contributed by atoms with E-state index in [1.54, 1.807) is 37.6 Å². The van der Waals surface area contributed by atoms with Crippen LogP contribution in [0, 0.1) is 10.5 Å². The monoisotopic (exact) mass is 535 g/mol. The maximum Gasteiger partial charge on any atom is 0.335 e. The van der Waals surface area contributed by atoms with Gasteiger partial charge in [0.1, 0.15) is 6.61 Å². The number of halogens is 2. The molecule has 3 aromatic rings. The maximum absolute atomic E-state index is 11.0. The minimum absolute atomic E-state index is 0.240. The van der Waals surface area contributed by atoms with Crippen LogP contribution >= 0.6 is 34.2 Å². The van der Waals surface area contributed by atoms with Crippen LogP contribution in [-0.4, -0.2) is 24.4 Å². The van der Waals surface area contributed by atoms with Crippen LogP contribution in [0.5, 0.6) is 11.5 Å². The molecule has 30 heavy (non-hydrogen) atoms. The fourth-order valence-electron chi connectivity index (χ4n) is 2.72. The quantitative estimate of drug-likeness (QED) is 0.285. The first kappa shape index (κ1) is 22.1. The van der Waals surface area contributed by atoms with Crippen molar-refractivity contribution in [2.75, 3.05) is 7.11 Å². The summed E-state index contributed by atoms with van der Waals surface area (Å²) in [6.07, 6.45) is 1.76. The highest BCUT2D eigenvalue weighted by molar-refractivity contribution is 14.1. The second-order valence-electron chi connectivity index (χ2n) is 6.51. The molecule has 3 aromatic carbocycles. The first-order valence-electron chi connectivity index (χ1n) is 9.00. The number of benzene rings is 3. The summed E-state index contributed by atoms with van der Waals surface area (Å²) in [5.41, 5.74) is 3.81. The van der Waals surface area contributed by atoms with Crippen molar-refractivity contribution in [1.29, 1.82) is 0 Å². The zero-order valence-electron chi connectivity index (χ0n) is 16.4. The third-order valence-corrected chi connectivity index (χ3v) is 5.40. The molecule has 0 aliphatic heterocycles. The number of nitrogens with zero attached hydrogens (tertiary/aromatic N) is 1. The number of rotatable bonds is 7. The molecule has 1 N–H and O–H groups in total. The summed E-state index contributed by atoms with van der Waals surface area (Å²) in [6.45, 7) is 2.27. The van der Waals surface area contributed by atoms with Gasteiger partial charge in [0.15, 0.2) is 11.5 Å². The third-order valence-electron chi connectivity index (χ3n) is 4.36. The average Bonchev–Trinajstić information content (AvgIpc) is 2.73. The fourth-order valence-corrected chi connectivity index (χ4v) is 3.67. The Morgan fingerprint density at radius 1 is 1.17 bits per heavy atom. The van der Waals surface area contributed by atoms with Crippen molar-refractivity contribution in [3.8, 4) is 11.5 Å². The van der Waals surface area contributed by atoms with Crippen molar-refractivity contribution in [3.63, 3.8) is 0 Å². The van der Waals surface area contributed by atoms with Crippen molar-refractivity contribution in [3.05, 3.63) is 85.4 Å². The molecule has 3 rings (SSSR count). The summed E-state index contributed by atoms with van der Waals surface area (Å²) in [4.78, 5) is 15.5. The Labute approximate surface area is 193 Å². The van der Waals surface area contributed by atoms with Gasteiger partial charge in [0, 0.05) is 11.2 Å². The van der Waals surface area contributed by atoms with Crippen LogP contribution < -0.4 is 9.47 Å². The third kappa shape index (κ3) is 5.52. The van der Waals surface area contributed by atoms with Crippen LogP contribution in [0.4, 0.5) is 5.69 Å². The average molecular weight is 536 g/mol. The fraction of sp³-hybridized carbons (Fsp3) is 0.130. The van der Waals surface area contributed by atoms with Crippen LogP contribution in [0.2, 0.25) is 5.02 Å². The number of aromatic carboxylic acids is 1. The molecule has 7 heteroatoms. The summed E-state index contributed by atoms with van der Waals surface area (Å²) in [6, 6.07) is 16.0. The van der Waals surface area contributed by atoms with Crippen molar-refractivity contribution >= 4 is 52.1 Å². The van der Waals surface area contributed by atoms with Crippen LogP contribution in [0.15, 0.2) is 59.6 Å². The molecule has 0 aliphatic rings. The molecule has 0 fully saturated rings. The van der Waals surface area contributed by atoms with Gasteiger partial charge in [-0.3, -0.25) is 4.99 Å². The summed E-state index contributed by atoms with van der Waals surface area (Å²) >= 11 is 8.25. The Kier molecular flexibility index (Phi) is 7.33. The predicted molar refractivity (Wildman–Crippen MR) is 127 cm³/mol. The molecule has 5 nitrogen and oxygen atoms in total. The molecule has 0 saturated carbocycles. The highest BCUT2D eigenvalue weighted by Crippen LogP contribution is 2.34. The van der Waals surface area contributed by atoms with Crippen molar-refractivity contribution in [2.45, 2.75) is 13.5 Å². The molecule has 0 amide bonds. The Morgan fingerprint density at radius 3 is 2.57 bits per heavy atom. The van der Waals surface area contributed by atoms with E-state index in [-0.39, 0.29) is 5.56 Å². The number of aliphatic imine (C=N–C) groups is 1. The molecule has 154 valence electrons. The lowest BCUT2D eigenvalue weighted by Gasteiger charge is -2.14. The number of hydrogen-bond acceptors (Lipinski definition) is 4. The van der Waals surface area contributed by atoms with Gasteiger partial charge in [0.2, 0.25) is 0 Å². The number of ether oxygens (including phenoxy) is 2. The molecular formula is C23H19ClINO4. The van der Waals surface area contributed by atoms with E-state index in [0.717, 1.165) is 25.9 Å². The molecule has 0 unspecified atom stereocenters. The first-order valence-corrected chi connectivity index (χ1v) is 10.5. The SMILES string of the molecule is COc1cc(C=Nc2cc(Cl)ccc2C)cc(I)c1OCc1ccc(C(=O)O)cc1. The molecule has 0 heterocycles. The highest BCUT2D eigenvalue weighted by atomic mass is 127. The van der Waals surface area contributed by atoms with Gasteiger partial charge in [0.05, 0.1) is 21.9 Å². The number of aryl methyl sites for hydroxylation is 1. The largest absolute Gasteiger partial charge is 0.493 e. The van der Waals surface area contributed by atoms with Gasteiger partial charge in [-0.2, -0.15) is 0 Å². The smallest absolute Gasteiger partial charge is 0.335 e. The molecule has 0 aromatic heterocycles. The van der Waals surface area contributed by atoms with Crippen molar-refractivity contribution in [1.82, 2.24) is 0 Å². The standard InChI is InChI=1S/C23H19ClINO4/c1-14-3-8-18(24)11-20(14)26-12-16-9-19(25)22(21(10-16)29-2)30-13-15-4-6-17(7-5-15)23(27)28/h3-12H,13H2,1-2H3,(H,27,28). The lowest BCUT2D eigenvalue weighted by molar-refractivity contribution is 0.0697. The van der Waals surface area contributed by atoms with Gasteiger partial charge in [-0.1, -0.05) is 29.8 Å². The Morgan fingerprint density at radius 2 is 1.90 bits per heavy atom. The topological polar surface area (TPSA) is 68.1 Å². The summed E-state index contributed by atoms with van der Waals surface area (Å²) < 4.78 is 12.3. The zero-order valence-corrected chi connectivity index (χ0v) is 19.3. The van der Waals surface area contributed by atoms with E-state index in [4.69, 9.17) is 26.2 Å². The van der Waals surface area contributed by atoms with Gasteiger partial charge in [-0.15, -0.1) is 0 Å². The summed E-state index contributed by atoms with van der Waals surface area (Å²) in [5, 5.41) is 9.63. The zero-order chi connectivity index (χ0) is 21.7. The van der Waals surface area contributed by atoms with Crippen LogP contribution in [0.25, 0.3) is 0 Å². The van der Waals surface area contributed by atoms with E-state index < -0.39 is 5.97 Å². The molecular weight excluding hydrogens is 517 g/mol. The summed E-state index contributed by atoms with van der Waals surface area (Å²) in [5.74, 6) is 0.258. The van der Waals surface area contributed by atoms with Crippen LogP contribution in [0.3, 0.4) is 0 Å². The van der Waals surface area contributed by atoms with Gasteiger partial charge in [-0.25, -0.2) is 4.79 Å². The number of carbonyl (C=O) groups is 1. The van der Waals surface area contributed by atoms with E-state index in [9.17, 15) is 4.79 Å². The van der Waals surface area contributed by atoms with E-state index in [2.05, 4.69) is 27.6 Å². The van der Waals surface area contributed by atoms with E-state index in [1.165, 1.54) is 0 Å². The van der Waals surface area contributed by atoms with Gasteiger partial charge < -0.3 is 14.6 Å². The predicted octanol–water partition coefficient (Wildman–Crippen LogP) is 6.29. The minimum Gasteiger partial charge on any atom is -0.493 e. The first-order chi connectivity index (χ1) is 14.4. The van der Waals surface area contributed by atoms with E-state index in [1.807, 2.05) is 37.3 Å². The van der Waals surface area contributed by atoms with E-state index in [0.29, 0.717) is 23.1 Å². The van der Waals surface area contributed by atoms with Crippen molar-refractivity contribution in [2.24, 2.45) is 4.99 Å². The lowest BCUT2D eigenvalue weighted by atomic mass is 10.1. The van der Waals surface area contributed by atoms with Crippen molar-refractivity contribution < 1.29 is 19.4 Å². The summed E-state index contributed by atoms with van der Waals surface area (Å²) in [7, 11) is 1.59. The molecule has 0 saturated heterocycles. The second kappa shape index (κ2) is 9.95. The molecule has 0 spiro atoms. The van der Waals surface area contributed by atoms with Gasteiger partial charge >= 0.3 is 5.97 Å². The molecule has 0 atom stereocenters. The number of carboxylic acids is 1. The Bertz CT molecular complexity index is 1100. The van der Waals surface area contributed by atoms with Gasteiger partial charge in [-0.05, 0) is 82.6 Å². The highest BCUT2D eigenvalue weighted by Gasteiger charge is 2.12. The minimum atomic E-state index is -0.955. The Hall–Kier alpha value is -2.58. The molecule has 0 radical (unpaired) electrons. The normalized spacial score (nSPS) is 10.9. The van der Waals surface area contributed by atoms with Crippen LogP contribution in [0.1, 0.15) is 27.0 Å². The van der Waals surface area contributed by atoms with E-state index >= 15 is 0 Å². The lowest BCUT2D eigenvalue weighted by Crippen LogP contribution is -2.02. The van der Waals surface area contributed by atoms with Crippen LogP contribution in [-0.2, 0) is 6.61 Å². The van der Waals surface area contributed by atoms with Gasteiger partial charge in [0.25, 0.3) is 0 Å². The second-order valence-corrected chi connectivity index (χ2v) is 8.11. The number of hydrogen-bond donors (Lipinski definition) is 1. The number of methoxy groups -OCH3 is 1. The molecule has 0 bridgehead atoms. The maximum atomic E-state index is 11.0. The Balaban J connectivity index is 1.79.